The minimum atomic E-state index is -3.22. The number of halogens is 5. The molecule has 10 heteroatoms. The summed E-state index contributed by atoms with van der Waals surface area (Å²) in [6.07, 6.45) is 0.461. The molecule has 0 atom stereocenters. The summed E-state index contributed by atoms with van der Waals surface area (Å²) in [6.45, 7) is 0. The molecule has 0 unspecified atom stereocenters. The van der Waals surface area contributed by atoms with Crippen molar-refractivity contribution in [1.29, 1.82) is 0 Å². The van der Waals surface area contributed by atoms with Gasteiger partial charge < -0.3 is 4.98 Å². The van der Waals surface area contributed by atoms with Gasteiger partial charge in [0.15, 0.2) is 6.29 Å². The Bertz CT molecular complexity index is 750. The maximum absolute atomic E-state index is 11.4. The van der Waals surface area contributed by atoms with Gasteiger partial charge in [-0.15, -0.1) is 0 Å². The van der Waals surface area contributed by atoms with Gasteiger partial charge in [0.1, 0.15) is 0 Å². The molecule has 0 saturated heterocycles. The van der Waals surface area contributed by atoms with Crippen LogP contribution in [-0.2, 0) is 4.57 Å². The summed E-state index contributed by atoms with van der Waals surface area (Å²) in [7, 11) is 0. The molecule has 2 aromatic rings. The van der Waals surface area contributed by atoms with Crippen molar-refractivity contribution in [3.05, 3.63) is 43.6 Å². The molecule has 1 aromatic carbocycles. The highest BCUT2D eigenvalue weighted by atomic mass is 79.9. The van der Waals surface area contributed by atoms with Crippen LogP contribution in [0.2, 0.25) is 5.02 Å². The lowest BCUT2D eigenvalue weighted by Crippen LogP contribution is -2.12. The lowest BCUT2D eigenvalue weighted by molar-refractivity contribution is 0.112. The summed E-state index contributed by atoms with van der Waals surface area (Å²) in [6, 6.07) is 5.27. The molecular weight excluding hydrogens is 435 g/mol. The first-order chi connectivity index (χ1) is 9.13. The number of hydrogen-bond acceptors (Lipinski definition) is 3. The van der Waals surface area contributed by atoms with Crippen LogP contribution in [-0.4, -0.2) is 11.3 Å². The molecule has 0 aliphatic heterocycles. The van der Waals surface area contributed by atoms with E-state index in [4.69, 9.17) is 11.6 Å². The standard InChI is InChI=1S/C10H5BrClNO2.Cl3OP/c11-5-1-2-6-8(3-5)13-10(15)7(4-14)9(6)12;1-5(2,3)4/h1-4H,(H,13,15);. The number of carbonyl (C=O) groups is 1. The number of nitrogens with one attached hydrogen (secondary N) is 1. The minimum Gasteiger partial charge on any atom is -0.321 e. The third-order valence-corrected chi connectivity index (χ3v) is 2.97. The van der Waals surface area contributed by atoms with Crippen molar-refractivity contribution in [2.45, 2.75) is 0 Å². The highest BCUT2D eigenvalue weighted by molar-refractivity contribution is 9.10. The molecule has 0 saturated carbocycles. The van der Waals surface area contributed by atoms with E-state index in [9.17, 15) is 14.2 Å². The number of fused-ring (bicyclic) bond motifs is 1. The van der Waals surface area contributed by atoms with Crippen LogP contribution in [0.15, 0.2) is 27.5 Å². The summed E-state index contributed by atoms with van der Waals surface area (Å²) >= 11 is 23.1. The monoisotopic (exact) mass is 437 g/mol. The number of aromatic amines is 1. The molecule has 2 rings (SSSR count). The van der Waals surface area contributed by atoms with Crippen LogP contribution in [0.4, 0.5) is 0 Å². The second-order valence-corrected chi connectivity index (χ2v) is 11.3. The van der Waals surface area contributed by atoms with Crippen molar-refractivity contribution in [3.8, 4) is 0 Å². The van der Waals surface area contributed by atoms with Crippen LogP contribution >= 0.6 is 66.5 Å². The summed E-state index contributed by atoms with van der Waals surface area (Å²) < 4.78 is 10.3. The fraction of sp³-hybridized carbons (Fsp3) is 0. The molecule has 0 fully saturated rings. The van der Waals surface area contributed by atoms with Crippen molar-refractivity contribution in [3.63, 3.8) is 0 Å². The van der Waals surface area contributed by atoms with Gasteiger partial charge in [-0.05, 0) is 45.9 Å². The van der Waals surface area contributed by atoms with Gasteiger partial charge in [0.25, 0.3) is 5.56 Å². The Kier molecular flexibility index (Phi) is 6.58. The van der Waals surface area contributed by atoms with Gasteiger partial charge in [0, 0.05) is 9.86 Å². The lowest BCUT2D eigenvalue weighted by Gasteiger charge is -2.02. The third kappa shape index (κ3) is 5.40. The summed E-state index contributed by atoms with van der Waals surface area (Å²) in [5, 5.41) is -2.38. The Morgan fingerprint density at radius 3 is 2.30 bits per heavy atom. The van der Waals surface area contributed by atoms with Gasteiger partial charge in [-0.3, -0.25) is 14.2 Å². The molecular formula is C10H5BrCl4NO3P. The Hall–Kier alpha value is -0.0300. The average Bonchev–Trinajstić information content (AvgIpc) is 2.26. The fourth-order valence-corrected chi connectivity index (χ4v) is 2.01. The van der Waals surface area contributed by atoms with E-state index in [0.29, 0.717) is 17.2 Å². The van der Waals surface area contributed by atoms with E-state index < -0.39 is 10.8 Å². The quantitative estimate of drug-likeness (QED) is 0.466. The van der Waals surface area contributed by atoms with E-state index in [1.807, 2.05) is 0 Å². The highest BCUT2D eigenvalue weighted by Gasteiger charge is 2.09. The van der Waals surface area contributed by atoms with Gasteiger partial charge in [-0.2, -0.15) is 0 Å². The van der Waals surface area contributed by atoms with E-state index in [1.54, 1.807) is 18.2 Å². The zero-order valence-corrected chi connectivity index (χ0v) is 14.9. The predicted octanol–water partition coefficient (Wildman–Crippen LogP) is 5.57. The number of aromatic nitrogens is 1. The number of hydrogen-bond donors (Lipinski definition) is 1. The molecule has 20 heavy (non-hydrogen) atoms. The Morgan fingerprint density at radius 1 is 1.25 bits per heavy atom. The SMILES string of the molecule is O=Cc1c(Cl)c2ccc(Br)cc2[nH]c1=O.O=P(Cl)(Cl)Cl. The Morgan fingerprint density at radius 2 is 1.80 bits per heavy atom. The van der Waals surface area contributed by atoms with E-state index >= 15 is 0 Å². The van der Waals surface area contributed by atoms with Crippen molar-refractivity contribution in [2.75, 3.05) is 0 Å². The van der Waals surface area contributed by atoms with Crippen molar-refractivity contribution < 1.29 is 9.36 Å². The molecule has 0 radical (unpaired) electrons. The van der Waals surface area contributed by atoms with Crippen LogP contribution in [0.5, 0.6) is 0 Å². The topological polar surface area (TPSA) is 67.0 Å². The normalized spacial score (nSPS) is 10.8. The zero-order valence-electron chi connectivity index (χ0n) is 9.37. The number of H-pyrrole nitrogens is 1. The molecule has 1 heterocycles. The fourth-order valence-electron chi connectivity index (χ4n) is 1.35. The second-order valence-electron chi connectivity index (χ2n) is 3.39. The highest BCUT2D eigenvalue weighted by Crippen LogP contribution is 2.61. The van der Waals surface area contributed by atoms with E-state index in [1.165, 1.54) is 0 Å². The third-order valence-electron chi connectivity index (χ3n) is 2.07. The Balaban J connectivity index is 0.000000347. The largest absolute Gasteiger partial charge is 0.339 e. The summed E-state index contributed by atoms with van der Waals surface area (Å²) in [5.41, 5.74) is 0.0945. The van der Waals surface area contributed by atoms with Crippen LogP contribution in [0.3, 0.4) is 0 Å². The maximum Gasteiger partial charge on any atom is 0.339 e. The summed E-state index contributed by atoms with van der Waals surface area (Å²) in [5.74, 6) is 0. The second kappa shape index (κ2) is 7.30. The van der Waals surface area contributed by atoms with E-state index in [-0.39, 0.29) is 10.6 Å². The molecule has 1 aromatic heterocycles. The minimum absolute atomic E-state index is 0.0357. The lowest BCUT2D eigenvalue weighted by atomic mass is 10.1. The first-order valence-corrected chi connectivity index (χ1v) is 10.4. The first kappa shape index (κ1) is 18.0. The number of rotatable bonds is 1. The molecule has 4 nitrogen and oxygen atoms in total. The summed E-state index contributed by atoms with van der Waals surface area (Å²) in [4.78, 5) is 24.6. The van der Waals surface area contributed by atoms with Gasteiger partial charge >= 0.3 is 5.20 Å². The molecule has 0 aliphatic carbocycles. The van der Waals surface area contributed by atoms with Crippen LogP contribution in [0.25, 0.3) is 10.9 Å². The van der Waals surface area contributed by atoms with E-state index in [2.05, 4.69) is 54.6 Å². The van der Waals surface area contributed by atoms with Gasteiger partial charge in [0.2, 0.25) is 0 Å². The molecule has 0 spiro atoms. The molecule has 0 amide bonds. The first-order valence-electron chi connectivity index (χ1n) is 4.78. The van der Waals surface area contributed by atoms with Crippen molar-refractivity contribution in [1.82, 2.24) is 4.98 Å². The molecule has 108 valence electrons. The predicted molar refractivity (Wildman–Crippen MR) is 87.8 cm³/mol. The maximum atomic E-state index is 11.4. The van der Waals surface area contributed by atoms with Gasteiger partial charge in [-0.1, -0.05) is 33.6 Å². The van der Waals surface area contributed by atoms with Crippen molar-refractivity contribution >= 4 is 83.6 Å². The number of pyridine rings is 1. The molecule has 0 bridgehead atoms. The number of carbonyl (C=O) groups excluding carboxylic acids is 1. The van der Waals surface area contributed by atoms with Crippen molar-refractivity contribution in [2.24, 2.45) is 0 Å². The smallest absolute Gasteiger partial charge is 0.321 e. The number of benzene rings is 1. The van der Waals surface area contributed by atoms with Crippen LogP contribution in [0, 0.1) is 0 Å². The zero-order chi connectivity index (χ0) is 15.5. The van der Waals surface area contributed by atoms with E-state index in [0.717, 1.165) is 4.47 Å². The molecule has 0 aliphatic rings. The van der Waals surface area contributed by atoms with Crippen LogP contribution < -0.4 is 5.56 Å². The number of aldehydes is 1. The average molecular weight is 440 g/mol. The Labute approximate surface area is 141 Å². The van der Waals surface area contributed by atoms with Gasteiger partial charge in [-0.25, -0.2) is 0 Å². The van der Waals surface area contributed by atoms with Gasteiger partial charge in [0.05, 0.1) is 16.1 Å². The molecule has 1 N–H and O–H groups in total. The van der Waals surface area contributed by atoms with Crippen LogP contribution in [0.1, 0.15) is 10.4 Å².